The lowest BCUT2D eigenvalue weighted by Crippen LogP contribution is -2.15. The summed E-state index contributed by atoms with van der Waals surface area (Å²) in [5, 5.41) is 6.86. The van der Waals surface area contributed by atoms with Crippen LogP contribution in [0.1, 0.15) is 17.3 Å². The van der Waals surface area contributed by atoms with Crippen molar-refractivity contribution in [3.63, 3.8) is 0 Å². The van der Waals surface area contributed by atoms with Gasteiger partial charge in [-0.2, -0.15) is 4.98 Å². The summed E-state index contributed by atoms with van der Waals surface area (Å²) in [6, 6.07) is 3.62. The third kappa shape index (κ3) is 3.01. The van der Waals surface area contributed by atoms with Crippen molar-refractivity contribution in [2.75, 3.05) is 11.9 Å². The van der Waals surface area contributed by atoms with E-state index in [1.165, 1.54) is 0 Å². The van der Waals surface area contributed by atoms with E-state index in [-0.39, 0.29) is 0 Å². The Kier molecular flexibility index (Phi) is 3.83. The molecule has 0 aliphatic heterocycles. The summed E-state index contributed by atoms with van der Waals surface area (Å²) in [5.41, 5.74) is 6.34. The highest BCUT2D eigenvalue weighted by Crippen LogP contribution is 2.11. The normalized spacial score (nSPS) is 10.3. The first-order valence-corrected chi connectivity index (χ1v) is 5.85. The number of nitrogens with two attached hydrogens (primary N) is 1. The van der Waals surface area contributed by atoms with Crippen molar-refractivity contribution in [1.29, 1.82) is 0 Å². The highest BCUT2D eigenvalue weighted by Gasteiger charge is 2.06. The number of pyridine rings is 1. The number of rotatable bonds is 5. The van der Waals surface area contributed by atoms with Gasteiger partial charge in [-0.3, -0.25) is 0 Å². The van der Waals surface area contributed by atoms with Crippen LogP contribution in [0.2, 0.25) is 0 Å². The van der Waals surface area contributed by atoms with Crippen LogP contribution in [0.25, 0.3) is 0 Å². The van der Waals surface area contributed by atoms with Crippen LogP contribution in [0, 0.1) is 6.92 Å². The summed E-state index contributed by atoms with van der Waals surface area (Å²) in [4.78, 5) is 8.62. The van der Waals surface area contributed by atoms with Crippen molar-refractivity contribution in [2.24, 2.45) is 5.73 Å². The lowest BCUT2D eigenvalue weighted by atomic mass is 10.2. The zero-order chi connectivity index (χ0) is 13.0. The van der Waals surface area contributed by atoms with Gasteiger partial charge in [0.05, 0.1) is 5.56 Å². The molecule has 6 nitrogen and oxygen atoms in total. The fourth-order valence-corrected chi connectivity index (χ4v) is 1.64. The predicted molar refractivity (Wildman–Crippen MR) is 71.4 cm³/mol. The van der Waals surface area contributed by atoms with Crippen LogP contribution in [0.15, 0.2) is 22.9 Å². The highest BCUT2D eigenvalue weighted by atomic mass is 32.1. The Balaban J connectivity index is 1.96. The molecule has 0 fully saturated rings. The molecule has 7 heteroatoms. The molecular formula is C11H13N5OS. The van der Waals surface area contributed by atoms with Crippen molar-refractivity contribution in [2.45, 2.75) is 13.3 Å². The van der Waals surface area contributed by atoms with Gasteiger partial charge in [-0.15, -0.1) is 0 Å². The van der Waals surface area contributed by atoms with E-state index in [0.29, 0.717) is 35.5 Å². The van der Waals surface area contributed by atoms with Crippen LogP contribution in [0.5, 0.6) is 0 Å². The molecule has 0 atom stereocenters. The lowest BCUT2D eigenvalue weighted by molar-refractivity contribution is 0.377. The van der Waals surface area contributed by atoms with E-state index in [1.54, 1.807) is 19.2 Å². The molecule has 2 rings (SSSR count). The molecule has 0 saturated heterocycles. The van der Waals surface area contributed by atoms with Gasteiger partial charge in [0.2, 0.25) is 5.89 Å². The van der Waals surface area contributed by atoms with Crippen LogP contribution in [0.4, 0.5) is 5.82 Å². The Morgan fingerprint density at radius 2 is 2.39 bits per heavy atom. The second kappa shape index (κ2) is 5.54. The van der Waals surface area contributed by atoms with Crippen LogP contribution < -0.4 is 11.1 Å². The van der Waals surface area contributed by atoms with E-state index in [1.807, 2.05) is 6.07 Å². The van der Waals surface area contributed by atoms with E-state index >= 15 is 0 Å². The standard InChI is InChI=1S/C11H13N5OS/c1-7-15-9(17-16-7)4-6-14-11-8(10(12)18)3-2-5-13-11/h2-3,5H,4,6H2,1H3,(H2,12,18)(H,13,14). The summed E-state index contributed by atoms with van der Waals surface area (Å²) in [5.74, 6) is 1.89. The largest absolute Gasteiger partial charge is 0.389 e. The number of hydrogen-bond acceptors (Lipinski definition) is 6. The Hall–Kier alpha value is -2.02. The van der Waals surface area contributed by atoms with Crippen molar-refractivity contribution >= 4 is 23.0 Å². The van der Waals surface area contributed by atoms with Gasteiger partial charge in [0.15, 0.2) is 5.82 Å². The molecule has 18 heavy (non-hydrogen) atoms. The topological polar surface area (TPSA) is 89.9 Å². The SMILES string of the molecule is Cc1noc(CCNc2ncccc2C(N)=S)n1. The summed E-state index contributed by atoms with van der Waals surface area (Å²) >= 11 is 4.95. The molecule has 0 aromatic carbocycles. The van der Waals surface area contributed by atoms with Crippen LogP contribution in [0.3, 0.4) is 0 Å². The van der Waals surface area contributed by atoms with Gasteiger partial charge in [-0.25, -0.2) is 4.98 Å². The fourth-order valence-electron chi connectivity index (χ4n) is 1.47. The minimum atomic E-state index is 0.319. The first kappa shape index (κ1) is 12.4. The maximum absolute atomic E-state index is 5.61. The molecular weight excluding hydrogens is 250 g/mol. The zero-order valence-electron chi connectivity index (χ0n) is 9.88. The Bertz CT molecular complexity index is 554. The molecule has 2 aromatic heterocycles. The lowest BCUT2D eigenvalue weighted by Gasteiger charge is -2.08. The first-order chi connectivity index (χ1) is 8.66. The van der Waals surface area contributed by atoms with E-state index in [4.69, 9.17) is 22.5 Å². The molecule has 0 aliphatic rings. The van der Waals surface area contributed by atoms with E-state index < -0.39 is 0 Å². The zero-order valence-corrected chi connectivity index (χ0v) is 10.7. The second-order valence-corrected chi connectivity index (χ2v) is 4.12. The molecule has 2 aromatic rings. The van der Waals surface area contributed by atoms with Gasteiger partial charge in [0.1, 0.15) is 10.8 Å². The molecule has 3 N–H and O–H groups in total. The van der Waals surface area contributed by atoms with Gasteiger partial charge in [0, 0.05) is 19.2 Å². The van der Waals surface area contributed by atoms with Crippen LogP contribution >= 0.6 is 12.2 Å². The van der Waals surface area contributed by atoms with Crippen molar-refractivity contribution in [3.8, 4) is 0 Å². The van der Waals surface area contributed by atoms with Gasteiger partial charge in [-0.05, 0) is 19.1 Å². The minimum absolute atomic E-state index is 0.319. The maximum atomic E-state index is 5.61. The smallest absolute Gasteiger partial charge is 0.228 e. The van der Waals surface area contributed by atoms with Crippen molar-refractivity contribution in [3.05, 3.63) is 35.6 Å². The predicted octanol–water partition coefficient (Wildman–Crippen LogP) is 1.06. The molecule has 94 valence electrons. The Morgan fingerprint density at radius 1 is 1.56 bits per heavy atom. The Morgan fingerprint density at radius 3 is 3.06 bits per heavy atom. The number of nitrogens with one attached hydrogen (secondary N) is 1. The third-order valence-electron chi connectivity index (χ3n) is 2.27. The van der Waals surface area contributed by atoms with Crippen LogP contribution in [-0.2, 0) is 6.42 Å². The summed E-state index contributed by atoms with van der Waals surface area (Å²) in [6.07, 6.45) is 2.30. The van der Waals surface area contributed by atoms with Crippen LogP contribution in [-0.4, -0.2) is 26.7 Å². The molecule has 0 radical (unpaired) electrons. The molecule has 2 heterocycles. The van der Waals surface area contributed by atoms with E-state index in [2.05, 4.69) is 20.4 Å². The molecule has 0 aliphatic carbocycles. The number of aryl methyl sites for hydroxylation is 1. The number of anilines is 1. The monoisotopic (exact) mass is 263 g/mol. The summed E-state index contributed by atoms with van der Waals surface area (Å²) < 4.78 is 5.01. The molecule has 0 saturated carbocycles. The number of aromatic nitrogens is 3. The number of thiocarbonyl (C=S) groups is 1. The summed E-state index contributed by atoms with van der Waals surface area (Å²) in [7, 11) is 0. The Labute approximate surface area is 110 Å². The second-order valence-electron chi connectivity index (χ2n) is 3.68. The quantitative estimate of drug-likeness (QED) is 0.779. The van der Waals surface area contributed by atoms with E-state index in [9.17, 15) is 0 Å². The van der Waals surface area contributed by atoms with Crippen molar-refractivity contribution in [1.82, 2.24) is 15.1 Å². The third-order valence-corrected chi connectivity index (χ3v) is 2.49. The van der Waals surface area contributed by atoms with Gasteiger partial charge < -0.3 is 15.6 Å². The number of hydrogen-bond donors (Lipinski definition) is 2. The average Bonchev–Trinajstić information content (AvgIpc) is 2.75. The van der Waals surface area contributed by atoms with Gasteiger partial charge in [0.25, 0.3) is 0 Å². The molecule has 0 unspecified atom stereocenters. The molecule has 0 bridgehead atoms. The number of nitrogens with zero attached hydrogens (tertiary/aromatic N) is 3. The van der Waals surface area contributed by atoms with E-state index in [0.717, 1.165) is 5.56 Å². The van der Waals surface area contributed by atoms with Gasteiger partial charge in [-0.1, -0.05) is 17.4 Å². The fraction of sp³-hybridized carbons (Fsp3) is 0.273. The maximum Gasteiger partial charge on any atom is 0.228 e. The van der Waals surface area contributed by atoms with Crippen molar-refractivity contribution < 1.29 is 4.52 Å². The highest BCUT2D eigenvalue weighted by molar-refractivity contribution is 7.80. The average molecular weight is 263 g/mol. The van der Waals surface area contributed by atoms with Gasteiger partial charge >= 0.3 is 0 Å². The molecule has 0 spiro atoms. The minimum Gasteiger partial charge on any atom is -0.389 e. The molecule has 0 amide bonds. The summed E-state index contributed by atoms with van der Waals surface area (Å²) in [6.45, 7) is 2.40. The first-order valence-electron chi connectivity index (χ1n) is 5.44.